The molecule has 0 aromatic heterocycles. The molecule has 0 bridgehead atoms. The maximum Gasteiger partial charge on any atom is 1.00 e. The second kappa shape index (κ2) is 19.8. The van der Waals surface area contributed by atoms with Gasteiger partial charge in [-0.2, -0.15) is 0 Å². The number of hydrogen-bond donors (Lipinski definition) is 1. The molecular weight excluding hydrogens is 375 g/mol. The fraction of sp³-hybridized carbons (Fsp3) is 1.00. The van der Waals surface area contributed by atoms with E-state index in [4.69, 9.17) is 0 Å². The van der Waals surface area contributed by atoms with Crippen molar-refractivity contribution in [2.24, 2.45) is 0 Å². The molecule has 0 saturated carbocycles. The van der Waals surface area contributed by atoms with Gasteiger partial charge in [0.05, 0.1) is 16.2 Å². The Labute approximate surface area is 205 Å². The van der Waals surface area contributed by atoms with Crippen molar-refractivity contribution in [3.8, 4) is 0 Å². The number of hydrogen-bond acceptors (Lipinski definition) is 4. The van der Waals surface area contributed by atoms with E-state index >= 15 is 0 Å². The first-order valence-corrected chi connectivity index (χ1v) is 12.0. The Morgan fingerprint density at radius 2 is 1.12 bits per heavy atom. The van der Waals surface area contributed by atoms with Crippen LogP contribution in [0.2, 0.25) is 0 Å². The normalized spacial score (nSPS) is 14.0. The van der Waals surface area contributed by atoms with Gasteiger partial charge in [0.2, 0.25) is 0 Å². The number of rotatable bonds is 18. The fourth-order valence-electron chi connectivity index (χ4n) is 3.25. The predicted molar refractivity (Wildman–Crippen MR) is 105 cm³/mol. The summed E-state index contributed by atoms with van der Waals surface area (Å²) in [6.45, 7) is 4.18. The Morgan fingerprint density at radius 1 is 0.731 bits per heavy atom. The molecule has 0 aromatic rings. The van der Waals surface area contributed by atoms with E-state index in [1.165, 1.54) is 25.7 Å². The van der Waals surface area contributed by atoms with E-state index in [1.807, 2.05) is 6.92 Å². The minimum atomic E-state index is -4.16. The molecule has 0 aliphatic rings. The summed E-state index contributed by atoms with van der Waals surface area (Å²) in [5, 5.41) is 8.79. The summed E-state index contributed by atoms with van der Waals surface area (Å²) in [6.07, 6.45) is 15.5. The van der Waals surface area contributed by atoms with Crippen LogP contribution >= 0.6 is 0 Å². The van der Waals surface area contributed by atoms with E-state index in [2.05, 4.69) is 6.92 Å². The van der Waals surface area contributed by atoms with Gasteiger partial charge in [-0.15, -0.1) is 0 Å². The van der Waals surface area contributed by atoms with Crippen molar-refractivity contribution in [3.63, 3.8) is 0 Å². The van der Waals surface area contributed by atoms with Gasteiger partial charge in [-0.05, 0) is 25.7 Å². The van der Waals surface area contributed by atoms with Crippen molar-refractivity contribution in [2.45, 2.75) is 128 Å². The molecule has 0 saturated heterocycles. The Morgan fingerprint density at radius 3 is 1.50 bits per heavy atom. The molecule has 2 atom stereocenters. The van der Waals surface area contributed by atoms with Gasteiger partial charge < -0.3 is 9.66 Å². The van der Waals surface area contributed by atoms with Crippen molar-refractivity contribution in [2.75, 3.05) is 0 Å². The van der Waals surface area contributed by atoms with E-state index in [0.29, 0.717) is 12.8 Å². The van der Waals surface area contributed by atoms with Crippen molar-refractivity contribution in [1.82, 2.24) is 0 Å². The summed E-state index contributed by atoms with van der Waals surface area (Å²) in [5.41, 5.74) is 0. The molecule has 26 heavy (non-hydrogen) atoms. The zero-order valence-electron chi connectivity index (χ0n) is 17.5. The zero-order chi connectivity index (χ0) is 19.0. The topological polar surface area (TPSA) is 77.4 Å². The van der Waals surface area contributed by atoms with Gasteiger partial charge >= 0.3 is 51.4 Å². The van der Waals surface area contributed by atoms with Gasteiger partial charge in [0, 0.05) is 5.25 Å². The molecule has 2 unspecified atom stereocenters. The molecule has 0 spiro atoms. The number of aliphatic hydroxyl groups is 1. The van der Waals surface area contributed by atoms with Crippen molar-refractivity contribution >= 4 is 10.1 Å². The molecule has 4 nitrogen and oxygen atoms in total. The summed E-state index contributed by atoms with van der Waals surface area (Å²) >= 11 is 0. The Bertz CT molecular complexity index is 387. The van der Waals surface area contributed by atoms with E-state index in [1.54, 1.807) is 0 Å². The first-order valence-electron chi connectivity index (χ1n) is 10.5. The largest absolute Gasteiger partial charge is 1.00 e. The van der Waals surface area contributed by atoms with Crippen LogP contribution in [0, 0.1) is 0 Å². The SMILES string of the molecule is CCCCCCCCCC(CCCCCCCC(O)CC)S(=O)(=O)[O-].[K+]. The van der Waals surface area contributed by atoms with Gasteiger partial charge in [-0.3, -0.25) is 0 Å². The van der Waals surface area contributed by atoms with Crippen LogP contribution in [0.4, 0.5) is 0 Å². The third kappa shape index (κ3) is 18.9. The van der Waals surface area contributed by atoms with Crippen LogP contribution in [0.1, 0.15) is 117 Å². The Hall–Kier alpha value is 1.51. The van der Waals surface area contributed by atoms with E-state index in [-0.39, 0.29) is 57.5 Å². The van der Waals surface area contributed by atoms with Crippen molar-refractivity contribution in [3.05, 3.63) is 0 Å². The molecule has 0 rings (SSSR count). The molecular formula is C20H41KO4S. The third-order valence-electron chi connectivity index (χ3n) is 5.07. The van der Waals surface area contributed by atoms with Crippen LogP contribution in [0.15, 0.2) is 0 Å². The third-order valence-corrected chi connectivity index (χ3v) is 6.36. The predicted octanol–water partition coefficient (Wildman–Crippen LogP) is 2.55. The molecule has 0 radical (unpaired) electrons. The van der Waals surface area contributed by atoms with E-state index in [0.717, 1.165) is 64.2 Å². The van der Waals surface area contributed by atoms with Gasteiger partial charge in [-0.25, -0.2) is 8.42 Å². The molecule has 0 fully saturated rings. The monoisotopic (exact) mass is 416 g/mol. The zero-order valence-corrected chi connectivity index (χ0v) is 21.5. The summed E-state index contributed by atoms with van der Waals surface area (Å²) < 4.78 is 34.3. The van der Waals surface area contributed by atoms with Crippen LogP contribution in [-0.2, 0) is 10.1 Å². The van der Waals surface area contributed by atoms with E-state index < -0.39 is 15.4 Å². The van der Waals surface area contributed by atoms with Crippen LogP contribution in [0.25, 0.3) is 0 Å². The van der Waals surface area contributed by atoms with Crippen LogP contribution in [-0.4, -0.2) is 29.4 Å². The van der Waals surface area contributed by atoms with Gasteiger partial charge in [0.1, 0.15) is 0 Å². The standard InChI is InChI=1S/C20H42O4S.K/c1-3-5-6-7-8-11-14-17-20(25(22,23)24)18-15-12-9-10-13-16-19(21)4-2;/h19-21H,3-18H2,1-2H3,(H,22,23,24);/q;+1/p-1. The molecule has 0 aliphatic heterocycles. The quantitative estimate of drug-likeness (QED) is 0.212. The second-order valence-electron chi connectivity index (χ2n) is 7.43. The minimum Gasteiger partial charge on any atom is -0.748 e. The summed E-state index contributed by atoms with van der Waals surface area (Å²) in [4.78, 5) is 0. The summed E-state index contributed by atoms with van der Waals surface area (Å²) in [5.74, 6) is 0. The molecule has 6 heteroatoms. The molecule has 0 amide bonds. The maximum atomic E-state index is 11.4. The average molecular weight is 417 g/mol. The van der Waals surface area contributed by atoms with E-state index in [9.17, 15) is 18.1 Å². The fourth-order valence-corrected chi connectivity index (χ4v) is 4.16. The van der Waals surface area contributed by atoms with Gasteiger partial charge in [-0.1, -0.05) is 90.9 Å². The summed E-state index contributed by atoms with van der Waals surface area (Å²) in [6, 6.07) is 0. The number of unbranched alkanes of at least 4 members (excludes halogenated alkanes) is 10. The molecule has 1 N–H and O–H groups in total. The first-order chi connectivity index (χ1) is 11.9. The summed E-state index contributed by atoms with van der Waals surface area (Å²) in [7, 11) is -4.16. The maximum absolute atomic E-state index is 11.4. The second-order valence-corrected chi connectivity index (χ2v) is 9.08. The number of aliphatic hydroxyl groups excluding tert-OH is 1. The van der Waals surface area contributed by atoms with Crippen molar-refractivity contribution in [1.29, 1.82) is 0 Å². The van der Waals surface area contributed by atoms with Gasteiger partial charge in [0.25, 0.3) is 0 Å². The van der Waals surface area contributed by atoms with Crippen molar-refractivity contribution < 1.29 is 69.5 Å². The molecule has 0 aliphatic carbocycles. The molecule has 0 aromatic carbocycles. The van der Waals surface area contributed by atoms with Crippen LogP contribution in [0.5, 0.6) is 0 Å². The Kier molecular flexibility index (Phi) is 22.6. The average Bonchev–Trinajstić information content (AvgIpc) is 2.56. The molecule has 152 valence electrons. The van der Waals surface area contributed by atoms with Crippen LogP contribution in [0.3, 0.4) is 0 Å². The van der Waals surface area contributed by atoms with Crippen LogP contribution < -0.4 is 51.4 Å². The minimum absolute atomic E-state index is 0. The first kappa shape index (κ1) is 29.7. The smallest absolute Gasteiger partial charge is 0.748 e. The van der Waals surface area contributed by atoms with Gasteiger partial charge in [0.15, 0.2) is 0 Å². The Balaban J connectivity index is 0. The molecule has 0 heterocycles.